The molecule has 1 nitrogen and oxygen atoms in total. The van der Waals surface area contributed by atoms with E-state index in [1.54, 1.807) is 6.07 Å². The third kappa shape index (κ3) is 3.47. The van der Waals surface area contributed by atoms with Gasteiger partial charge in [-0.25, -0.2) is 4.39 Å². The second kappa shape index (κ2) is 6.47. The molecule has 0 spiro atoms. The van der Waals surface area contributed by atoms with E-state index in [-0.39, 0.29) is 11.9 Å². The third-order valence-corrected chi connectivity index (χ3v) is 5.82. The highest BCUT2D eigenvalue weighted by molar-refractivity contribution is 7.12. The lowest BCUT2D eigenvalue weighted by atomic mass is 10.0. The summed E-state index contributed by atoms with van der Waals surface area (Å²) in [6.45, 7) is 0. The smallest absolute Gasteiger partial charge is 0.123 e. The van der Waals surface area contributed by atoms with Crippen molar-refractivity contribution in [1.29, 1.82) is 0 Å². The predicted octanol–water partition coefficient (Wildman–Crippen LogP) is 5.05. The van der Waals surface area contributed by atoms with Crippen molar-refractivity contribution < 1.29 is 4.39 Å². The molecular weight excluding hydrogens is 305 g/mol. The van der Waals surface area contributed by atoms with Gasteiger partial charge in [-0.1, -0.05) is 18.0 Å². The first-order chi connectivity index (χ1) is 10.1. The number of rotatable bonds is 3. The van der Waals surface area contributed by atoms with Gasteiger partial charge in [0.2, 0.25) is 0 Å². The van der Waals surface area contributed by atoms with E-state index in [4.69, 9.17) is 17.3 Å². The second-order valence-electron chi connectivity index (χ2n) is 5.70. The molecule has 2 N–H and O–H groups in total. The zero-order valence-electron chi connectivity index (χ0n) is 11.9. The summed E-state index contributed by atoms with van der Waals surface area (Å²) in [5.41, 5.74) is 8.58. The first-order valence-electron chi connectivity index (χ1n) is 7.44. The highest BCUT2D eigenvalue weighted by Crippen LogP contribution is 2.33. The van der Waals surface area contributed by atoms with Gasteiger partial charge < -0.3 is 5.73 Å². The summed E-state index contributed by atoms with van der Waals surface area (Å²) in [7, 11) is 0. The van der Waals surface area contributed by atoms with Gasteiger partial charge in [-0.2, -0.15) is 0 Å². The monoisotopic (exact) mass is 323 g/mol. The molecule has 3 rings (SSSR count). The third-order valence-electron chi connectivity index (χ3n) is 4.08. The van der Waals surface area contributed by atoms with Crippen LogP contribution in [0.25, 0.3) is 0 Å². The Balaban J connectivity index is 1.79. The van der Waals surface area contributed by atoms with Crippen LogP contribution in [0.5, 0.6) is 0 Å². The number of hydrogen-bond donors (Lipinski definition) is 1. The van der Waals surface area contributed by atoms with Crippen molar-refractivity contribution in [2.24, 2.45) is 5.73 Å². The maximum absolute atomic E-state index is 13.3. The standard InChI is InChI=1S/C17H19ClFNS/c18-14-7-6-13(19)8-12(14)9-15(20)17-10-11-4-2-1-3-5-16(11)21-17/h6-8,10,15H,1-5,9,20H2. The minimum absolute atomic E-state index is 0.110. The van der Waals surface area contributed by atoms with Gasteiger partial charge in [-0.05, 0) is 67.5 Å². The fourth-order valence-corrected chi connectivity index (χ4v) is 4.36. The molecule has 1 aromatic heterocycles. The van der Waals surface area contributed by atoms with Gasteiger partial charge in [0, 0.05) is 20.8 Å². The van der Waals surface area contributed by atoms with Gasteiger partial charge >= 0.3 is 0 Å². The highest BCUT2D eigenvalue weighted by Gasteiger charge is 2.17. The van der Waals surface area contributed by atoms with Crippen LogP contribution in [0.2, 0.25) is 5.02 Å². The van der Waals surface area contributed by atoms with Gasteiger partial charge in [-0.15, -0.1) is 11.3 Å². The highest BCUT2D eigenvalue weighted by atomic mass is 35.5. The SMILES string of the molecule is NC(Cc1cc(F)ccc1Cl)c1cc2c(s1)CCCCC2. The Morgan fingerprint density at radius 3 is 2.86 bits per heavy atom. The Labute approximate surface area is 133 Å². The van der Waals surface area contributed by atoms with Crippen LogP contribution in [0.1, 0.15) is 46.2 Å². The summed E-state index contributed by atoms with van der Waals surface area (Å²) < 4.78 is 13.3. The summed E-state index contributed by atoms with van der Waals surface area (Å²) in [5, 5.41) is 0.588. The lowest BCUT2D eigenvalue weighted by Crippen LogP contribution is -2.12. The van der Waals surface area contributed by atoms with Gasteiger partial charge in [-0.3, -0.25) is 0 Å². The molecule has 21 heavy (non-hydrogen) atoms. The topological polar surface area (TPSA) is 26.0 Å². The molecule has 1 heterocycles. The van der Waals surface area contributed by atoms with Crippen molar-refractivity contribution in [1.82, 2.24) is 0 Å². The van der Waals surface area contributed by atoms with E-state index in [2.05, 4.69) is 6.07 Å². The molecule has 0 aliphatic heterocycles. The van der Waals surface area contributed by atoms with Gasteiger partial charge in [0.05, 0.1) is 0 Å². The van der Waals surface area contributed by atoms with Crippen LogP contribution in [0.3, 0.4) is 0 Å². The zero-order chi connectivity index (χ0) is 14.8. The van der Waals surface area contributed by atoms with E-state index in [0.717, 1.165) is 5.56 Å². The first kappa shape index (κ1) is 15.0. The van der Waals surface area contributed by atoms with Crippen LogP contribution in [0.4, 0.5) is 4.39 Å². The van der Waals surface area contributed by atoms with Gasteiger partial charge in [0.15, 0.2) is 0 Å². The minimum Gasteiger partial charge on any atom is -0.323 e. The molecule has 0 bridgehead atoms. The molecule has 1 aromatic carbocycles. The van der Waals surface area contributed by atoms with Crippen molar-refractivity contribution in [2.75, 3.05) is 0 Å². The van der Waals surface area contributed by atoms with Crippen molar-refractivity contribution >= 4 is 22.9 Å². The number of benzene rings is 1. The largest absolute Gasteiger partial charge is 0.323 e. The van der Waals surface area contributed by atoms with Crippen molar-refractivity contribution in [3.8, 4) is 0 Å². The normalized spacial score (nSPS) is 16.3. The molecule has 0 saturated heterocycles. The molecule has 0 amide bonds. The molecule has 0 fully saturated rings. The summed E-state index contributed by atoms with van der Waals surface area (Å²) >= 11 is 7.96. The average Bonchev–Trinajstić information content (AvgIpc) is 2.74. The van der Waals surface area contributed by atoms with E-state index < -0.39 is 0 Å². The Hall–Kier alpha value is -0.900. The summed E-state index contributed by atoms with van der Waals surface area (Å²) in [4.78, 5) is 2.69. The van der Waals surface area contributed by atoms with Crippen LogP contribution in [0.15, 0.2) is 24.3 Å². The van der Waals surface area contributed by atoms with Crippen LogP contribution in [-0.2, 0) is 19.3 Å². The fourth-order valence-electron chi connectivity index (χ4n) is 2.91. The van der Waals surface area contributed by atoms with Crippen LogP contribution in [0, 0.1) is 5.82 Å². The average molecular weight is 324 g/mol. The fraction of sp³-hybridized carbons (Fsp3) is 0.412. The predicted molar refractivity (Wildman–Crippen MR) is 87.6 cm³/mol. The Bertz CT molecular complexity index is 614. The molecule has 0 saturated carbocycles. The van der Waals surface area contributed by atoms with E-state index in [1.807, 2.05) is 11.3 Å². The van der Waals surface area contributed by atoms with E-state index in [9.17, 15) is 4.39 Å². The molecule has 1 unspecified atom stereocenters. The number of nitrogens with two attached hydrogens (primary N) is 1. The molecule has 2 aromatic rings. The van der Waals surface area contributed by atoms with E-state index in [0.29, 0.717) is 11.4 Å². The quantitative estimate of drug-likeness (QED) is 0.786. The number of aryl methyl sites for hydroxylation is 2. The maximum Gasteiger partial charge on any atom is 0.123 e. The molecule has 1 aliphatic carbocycles. The van der Waals surface area contributed by atoms with Crippen molar-refractivity contribution in [3.63, 3.8) is 0 Å². The Morgan fingerprint density at radius 1 is 1.19 bits per heavy atom. The molecule has 1 aliphatic rings. The van der Waals surface area contributed by atoms with Crippen molar-refractivity contribution in [2.45, 2.75) is 44.6 Å². The lowest BCUT2D eigenvalue weighted by molar-refractivity contribution is 0.622. The summed E-state index contributed by atoms with van der Waals surface area (Å²) in [6, 6.07) is 6.61. The molecule has 4 heteroatoms. The molecular formula is C17H19ClFNS. The molecule has 112 valence electrons. The van der Waals surface area contributed by atoms with Gasteiger partial charge in [0.25, 0.3) is 0 Å². The maximum atomic E-state index is 13.3. The summed E-state index contributed by atoms with van der Waals surface area (Å²) in [6.07, 6.45) is 6.79. The number of hydrogen-bond acceptors (Lipinski definition) is 2. The van der Waals surface area contributed by atoms with Crippen LogP contribution >= 0.6 is 22.9 Å². The number of fused-ring (bicyclic) bond motifs is 1. The molecule has 0 radical (unpaired) electrons. The number of thiophene rings is 1. The van der Waals surface area contributed by atoms with E-state index in [1.165, 1.54) is 59.6 Å². The lowest BCUT2D eigenvalue weighted by Gasteiger charge is -2.11. The second-order valence-corrected chi connectivity index (χ2v) is 7.28. The molecule has 1 atom stereocenters. The van der Waals surface area contributed by atoms with Gasteiger partial charge in [0.1, 0.15) is 5.82 Å². The Morgan fingerprint density at radius 2 is 2.00 bits per heavy atom. The Kier molecular flexibility index (Phi) is 4.63. The van der Waals surface area contributed by atoms with Crippen LogP contribution in [-0.4, -0.2) is 0 Å². The first-order valence-corrected chi connectivity index (χ1v) is 8.64. The van der Waals surface area contributed by atoms with Crippen molar-refractivity contribution in [3.05, 3.63) is 56.0 Å². The zero-order valence-corrected chi connectivity index (χ0v) is 13.4. The van der Waals surface area contributed by atoms with E-state index >= 15 is 0 Å². The summed E-state index contributed by atoms with van der Waals surface area (Å²) in [5.74, 6) is -0.261. The minimum atomic E-state index is -0.261. The van der Waals surface area contributed by atoms with Crippen LogP contribution < -0.4 is 5.73 Å². The number of halogens is 2.